The standard InChI is InChI=1S/C25H24FN3O3/c1-17(2)15-28-25(31)20-7-3-4-8-22(20)29-24(30)12-10-18-9-11-23(21(26)14-18)32-19-6-5-13-27-16-19/h3-14,16-17H,15H2,1-2H3,(H,28,31)(H,29,30)/b12-10+. The molecule has 0 fully saturated rings. The van der Waals surface area contributed by atoms with Gasteiger partial charge in [-0.1, -0.05) is 32.0 Å². The summed E-state index contributed by atoms with van der Waals surface area (Å²) in [4.78, 5) is 28.7. The molecule has 1 aromatic heterocycles. The van der Waals surface area contributed by atoms with Gasteiger partial charge in [0.15, 0.2) is 11.6 Å². The summed E-state index contributed by atoms with van der Waals surface area (Å²) in [5.74, 6) is -0.477. The van der Waals surface area contributed by atoms with Crippen LogP contribution in [0.25, 0.3) is 6.08 Å². The molecule has 0 spiro atoms. The van der Waals surface area contributed by atoms with Crippen molar-refractivity contribution < 1.29 is 18.7 Å². The van der Waals surface area contributed by atoms with Gasteiger partial charge in [0.05, 0.1) is 17.4 Å². The van der Waals surface area contributed by atoms with Gasteiger partial charge in [-0.2, -0.15) is 0 Å². The molecule has 0 saturated carbocycles. The fraction of sp³-hybridized carbons (Fsp3) is 0.160. The van der Waals surface area contributed by atoms with Crippen LogP contribution in [0.4, 0.5) is 10.1 Å². The number of halogens is 1. The maximum absolute atomic E-state index is 14.4. The first-order chi connectivity index (χ1) is 15.4. The topological polar surface area (TPSA) is 80.3 Å². The van der Waals surface area contributed by atoms with Crippen molar-refractivity contribution in [3.8, 4) is 11.5 Å². The first kappa shape index (κ1) is 22.7. The van der Waals surface area contributed by atoms with Crippen LogP contribution in [0.3, 0.4) is 0 Å². The van der Waals surface area contributed by atoms with Crippen molar-refractivity contribution in [2.45, 2.75) is 13.8 Å². The van der Waals surface area contributed by atoms with Crippen LogP contribution in [0.15, 0.2) is 73.1 Å². The zero-order valence-corrected chi connectivity index (χ0v) is 17.8. The third kappa shape index (κ3) is 6.50. The number of amides is 2. The van der Waals surface area contributed by atoms with E-state index >= 15 is 0 Å². The van der Waals surface area contributed by atoms with Gasteiger partial charge in [-0.15, -0.1) is 0 Å². The fourth-order valence-electron chi connectivity index (χ4n) is 2.77. The number of para-hydroxylation sites is 1. The largest absolute Gasteiger partial charge is 0.453 e. The molecular formula is C25H24FN3O3. The molecule has 0 unspecified atom stereocenters. The van der Waals surface area contributed by atoms with Crippen LogP contribution in [-0.2, 0) is 4.79 Å². The van der Waals surface area contributed by atoms with Crippen LogP contribution in [0.5, 0.6) is 11.5 Å². The van der Waals surface area contributed by atoms with Crippen LogP contribution >= 0.6 is 0 Å². The monoisotopic (exact) mass is 433 g/mol. The average molecular weight is 433 g/mol. The van der Waals surface area contributed by atoms with Gasteiger partial charge < -0.3 is 15.4 Å². The number of ether oxygens (including phenoxy) is 1. The minimum Gasteiger partial charge on any atom is -0.453 e. The molecule has 2 N–H and O–H groups in total. The van der Waals surface area contributed by atoms with Gasteiger partial charge in [-0.05, 0) is 54.0 Å². The number of benzene rings is 2. The number of nitrogens with zero attached hydrogens (tertiary/aromatic N) is 1. The van der Waals surface area contributed by atoms with Crippen molar-refractivity contribution >= 4 is 23.6 Å². The molecule has 0 aliphatic heterocycles. The van der Waals surface area contributed by atoms with E-state index in [4.69, 9.17) is 4.74 Å². The molecule has 1 heterocycles. The number of rotatable bonds is 8. The maximum atomic E-state index is 14.4. The summed E-state index contributed by atoms with van der Waals surface area (Å²) in [7, 11) is 0. The minimum atomic E-state index is -0.566. The molecule has 164 valence electrons. The van der Waals surface area contributed by atoms with Crippen molar-refractivity contribution in [2.24, 2.45) is 5.92 Å². The van der Waals surface area contributed by atoms with E-state index in [1.807, 2.05) is 13.8 Å². The molecule has 32 heavy (non-hydrogen) atoms. The normalized spacial score (nSPS) is 10.9. The van der Waals surface area contributed by atoms with Crippen LogP contribution in [0.2, 0.25) is 0 Å². The van der Waals surface area contributed by atoms with Crippen LogP contribution < -0.4 is 15.4 Å². The third-order valence-corrected chi connectivity index (χ3v) is 4.35. The Morgan fingerprint density at radius 2 is 1.94 bits per heavy atom. The second-order valence-electron chi connectivity index (χ2n) is 7.45. The van der Waals surface area contributed by atoms with E-state index < -0.39 is 11.7 Å². The summed E-state index contributed by atoms with van der Waals surface area (Å²) in [6.45, 7) is 4.53. The summed E-state index contributed by atoms with van der Waals surface area (Å²) in [6, 6.07) is 14.5. The Morgan fingerprint density at radius 3 is 2.66 bits per heavy atom. The number of nitrogens with one attached hydrogen (secondary N) is 2. The predicted octanol–water partition coefficient (Wildman–Crippen LogP) is 5.05. The first-order valence-corrected chi connectivity index (χ1v) is 10.2. The summed E-state index contributed by atoms with van der Waals surface area (Å²) in [6.07, 6.45) is 5.84. The summed E-state index contributed by atoms with van der Waals surface area (Å²) in [5, 5.41) is 5.53. The molecule has 0 saturated heterocycles. The lowest BCUT2D eigenvalue weighted by atomic mass is 10.1. The van der Waals surface area contributed by atoms with Crippen LogP contribution in [0, 0.1) is 11.7 Å². The predicted molar refractivity (Wildman–Crippen MR) is 122 cm³/mol. The Morgan fingerprint density at radius 1 is 1.12 bits per heavy atom. The Hall–Kier alpha value is -4.00. The second kappa shape index (κ2) is 10.9. The fourth-order valence-corrected chi connectivity index (χ4v) is 2.77. The van der Waals surface area contributed by atoms with Crippen molar-refractivity contribution in [3.63, 3.8) is 0 Å². The smallest absolute Gasteiger partial charge is 0.253 e. The van der Waals surface area contributed by atoms with Crippen molar-refractivity contribution in [3.05, 3.63) is 90.0 Å². The molecule has 0 radical (unpaired) electrons. The van der Waals surface area contributed by atoms with Crippen LogP contribution in [-0.4, -0.2) is 23.3 Å². The van der Waals surface area contributed by atoms with Crippen molar-refractivity contribution in [1.29, 1.82) is 0 Å². The number of hydrogen-bond acceptors (Lipinski definition) is 4. The van der Waals surface area contributed by atoms with Gasteiger partial charge in [0, 0.05) is 18.8 Å². The second-order valence-corrected chi connectivity index (χ2v) is 7.45. The van der Waals surface area contributed by atoms with Gasteiger partial charge in [0.1, 0.15) is 5.75 Å². The summed E-state index contributed by atoms with van der Waals surface area (Å²) in [5.41, 5.74) is 1.26. The van der Waals surface area contributed by atoms with Crippen LogP contribution in [0.1, 0.15) is 29.8 Å². The van der Waals surface area contributed by atoms with E-state index in [0.717, 1.165) is 0 Å². The molecule has 0 aliphatic rings. The lowest BCUT2D eigenvalue weighted by Gasteiger charge is -2.11. The van der Waals surface area contributed by atoms with E-state index in [9.17, 15) is 14.0 Å². The van der Waals surface area contributed by atoms with E-state index in [1.54, 1.807) is 48.7 Å². The Bertz CT molecular complexity index is 1110. The highest BCUT2D eigenvalue weighted by molar-refractivity contribution is 6.07. The Kier molecular flexibility index (Phi) is 7.70. The molecule has 0 bridgehead atoms. The number of carbonyl (C=O) groups excluding carboxylic acids is 2. The highest BCUT2D eigenvalue weighted by Gasteiger charge is 2.12. The molecule has 0 atom stereocenters. The molecule has 3 aromatic rings. The molecule has 2 amide bonds. The summed E-state index contributed by atoms with van der Waals surface area (Å²) >= 11 is 0. The number of aromatic nitrogens is 1. The van der Waals surface area contributed by atoms with E-state index in [1.165, 1.54) is 30.5 Å². The molecule has 0 aliphatic carbocycles. The Balaban J connectivity index is 1.65. The number of carbonyl (C=O) groups is 2. The third-order valence-electron chi connectivity index (χ3n) is 4.35. The molecule has 2 aromatic carbocycles. The zero-order chi connectivity index (χ0) is 22.9. The van der Waals surface area contributed by atoms with E-state index in [0.29, 0.717) is 35.0 Å². The quantitative estimate of drug-likeness (QED) is 0.487. The summed E-state index contributed by atoms with van der Waals surface area (Å²) < 4.78 is 19.8. The van der Waals surface area contributed by atoms with E-state index in [-0.39, 0.29) is 11.7 Å². The molecular weight excluding hydrogens is 409 g/mol. The number of pyridine rings is 1. The lowest BCUT2D eigenvalue weighted by molar-refractivity contribution is -0.111. The maximum Gasteiger partial charge on any atom is 0.253 e. The van der Waals surface area contributed by atoms with Crippen molar-refractivity contribution in [2.75, 3.05) is 11.9 Å². The number of anilines is 1. The number of hydrogen-bond donors (Lipinski definition) is 2. The minimum absolute atomic E-state index is 0.0564. The average Bonchev–Trinajstić information content (AvgIpc) is 2.79. The van der Waals surface area contributed by atoms with Gasteiger partial charge in [-0.25, -0.2) is 4.39 Å². The Labute approximate surface area is 186 Å². The van der Waals surface area contributed by atoms with Crippen molar-refractivity contribution in [1.82, 2.24) is 10.3 Å². The van der Waals surface area contributed by atoms with Gasteiger partial charge in [0.25, 0.3) is 5.91 Å². The first-order valence-electron chi connectivity index (χ1n) is 10.2. The molecule has 7 heteroatoms. The van der Waals surface area contributed by atoms with Gasteiger partial charge in [-0.3, -0.25) is 14.6 Å². The zero-order valence-electron chi connectivity index (χ0n) is 17.8. The van der Waals surface area contributed by atoms with E-state index in [2.05, 4.69) is 15.6 Å². The lowest BCUT2D eigenvalue weighted by Crippen LogP contribution is -2.28. The molecule has 6 nitrogen and oxygen atoms in total. The molecule has 3 rings (SSSR count). The van der Waals surface area contributed by atoms with Gasteiger partial charge in [0.2, 0.25) is 5.91 Å². The highest BCUT2D eigenvalue weighted by atomic mass is 19.1. The highest BCUT2D eigenvalue weighted by Crippen LogP contribution is 2.25. The SMILES string of the molecule is CC(C)CNC(=O)c1ccccc1NC(=O)/C=C/c1ccc(Oc2cccnc2)c(F)c1. The van der Waals surface area contributed by atoms with Gasteiger partial charge >= 0.3 is 0 Å².